The molecule has 6 heteroatoms. The predicted molar refractivity (Wildman–Crippen MR) is 97.4 cm³/mol. The molecule has 1 aliphatic rings. The highest BCUT2D eigenvalue weighted by atomic mass is 32.1. The number of likely N-dealkylation sites (tertiary alicyclic amines) is 1. The molecule has 128 valence electrons. The van der Waals surface area contributed by atoms with E-state index in [9.17, 15) is 4.79 Å². The molecule has 0 aliphatic carbocycles. The molecule has 1 amide bonds. The fourth-order valence-corrected chi connectivity index (χ4v) is 3.63. The minimum atomic E-state index is 0.0875. The molecular formula is C18H24N4OS. The van der Waals surface area contributed by atoms with Gasteiger partial charge in [0.05, 0.1) is 11.6 Å². The van der Waals surface area contributed by atoms with E-state index in [1.165, 1.54) is 4.88 Å². The van der Waals surface area contributed by atoms with Crippen LogP contribution in [0.15, 0.2) is 24.5 Å². The number of hydrogen-bond donors (Lipinski definition) is 1. The smallest absolute Gasteiger partial charge is 0.255 e. The Bertz CT molecular complexity index is 689. The lowest BCUT2D eigenvalue weighted by molar-refractivity contribution is 0.0697. The number of aromatic nitrogens is 2. The van der Waals surface area contributed by atoms with Crippen LogP contribution < -0.4 is 5.32 Å². The van der Waals surface area contributed by atoms with Crippen LogP contribution in [0.2, 0.25) is 0 Å². The molecule has 0 spiro atoms. The van der Waals surface area contributed by atoms with Crippen LogP contribution in [-0.4, -0.2) is 33.9 Å². The second-order valence-corrected chi connectivity index (χ2v) is 7.85. The highest BCUT2D eigenvalue weighted by molar-refractivity contribution is 7.11. The van der Waals surface area contributed by atoms with Crippen molar-refractivity contribution in [1.29, 1.82) is 0 Å². The van der Waals surface area contributed by atoms with Gasteiger partial charge in [0.25, 0.3) is 5.91 Å². The van der Waals surface area contributed by atoms with E-state index in [0.717, 1.165) is 42.7 Å². The Morgan fingerprint density at radius 2 is 2.04 bits per heavy atom. The van der Waals surface area contributed by atoms with Crippen molar-refractivity contribution in [2.75, 3.05) is 18.4 Å². The summed E-state index contributed by atoms with van der Waals surface area (Å²) in [6.45, 7) is 8.05. The van der Waals surface area contributed by atoms with Crippen molar-refractivity contribution in [2.45, 2.75) is 39.7 Å². The SMILES string of the molecule is Cc1cnc(C(C)Nc2ccc(C(=O)N3CCC(C)CC3)cn2)s1. The standard InChI is InChI=1S/C18H24N4OS/c1-12-6-8-22(9-7-12)18(23)15-4-5-16(19-11-15)21-14(3)17-20-10-13(2)24-17/h4-5,10-12,14H,6-9H2,1-3H3,(H,19,21). The molecule has 1 unspecified atom stereocenters. The quantitative estimate of drug-likeness (QED) is 0.914. The lowest BCUT2D eigenvalue weighted by atomic mass is 9.99. The summed E-state index contributed by atoms with van der Waals surface area (Å²) in [5, 5.41) is 4.37. The van der Waals surface area contributed by atoms with Crippen LogP contribution in [0, 0.1) is 12.8 Å². The number of aryl methyl sites for hydroxylation is 1. The molecule has 5 nitrogen and oxygen atoms in total. The second-order valence-electron chi connectivity index (χ2n) is 6.58. The number of pyridine rings is 1. The van der Waals surface area contributed by atoms with Crippen molar-refractivity contribution in [3.63, 3.8) is 0 Å². The van der Waals surface area contributed by atoms with Gasteiger partial charge in [-0.15, -0.1) is 11.3 Å². The summed E-state index contributed by atoms with van der Waals surface area (Å²) in [5.74, 6) is 1.57. The number of amides is 1. The Morgan fingerprint density at radius 3 is 2.62 bits per heavy atom. The van der Waals surface area contributed by atoms with Gasteiger partial charge in [-0.1, -0.05) is 6.92 Å². The van der Waals surface area contributed by atoms with Gasteiger partial charge in [-0.2, -0.15) is 0 Å². The van der Waals surface area contributed by atoms with Gasteiger partial charge in [0.2, 0.25) is 0 Å². The van der Waals surface area contributed by atoms with Gasteiger partial charge in [-0.25, -0.2) is 9.97 Å². The normalized spacial score (nSPS) is 16.9. The van der Waals surface area contributed by atoms with Gasteiger partial charge in [0.1, 0.15) is 10.8 Å². The maximum absolute atomic E-state index is 12.5. The van der Waals surface area contributed by atoms with Crippen LogP contribution in [-0.2, 0) is 0 Å². The van der Waals surface area contributed by atoms with Crippen molar-refractivity contribution in [1.82, 2.24) is 14.9 Å². The molecule has 0 saturated carbocycles. The second kappa shape index (κ2) is 7.30. The average Bonchev–Trinajstić information content (AvgIpc) is 3.02. The predicted octanol–water partition coefficient (Wildman–Crippen LogP) is 3.89. The Kier molecular flexibility index (Phi) is 5.14. The molecule has 0 radical (unpaired) electrons. The molecular weight excluding hydrogens is 320 g/mol. The van der Waals surface area contributed by atoms with Crippen LogP contribution in [0.25, 0.3) is 0 Å². The van der Waals surface area contributed by atoms with E-state index in [4.69, 9.17) is 0 Å². The fraction of sp³-hybridized carbons (Fsp3) is 0.500. The number of nitrogens with one attached hydrogen (secondary N) is 1. The summed E-state index contributed by atoms with van der Waals surface area (Å²) in [7, 11) is 0. The Hall–Kier alpha value is -1.95. The highest BCUT2D eigenvalue weighted by Gasteiger charge is 2.21. The number of hydrogen-bond acceptors (Lipinski definition) is 5. The lowest BCUT2D eigenvalue weighted by Crippen LogP contribution is -2.37. The van der Waals surface area contributed by atoms with Gasteiger partial charge in [-0.3, -0.25) is 4.79 Å². The fourth-order valence-electron chi connectivity index (χ4n) is 2.86. The van der Waals surface area contributed by atoms with Crippen molar-refractivity contribution >= 4 is 23.1 Å². The number of carbonyl (C=O) groups excluding carboxylic acids is 1. The van der Waals surface area contributed by atoms with Crippen LogP contribution in [0.5, 0.6) is 0 Å². The molecule has 3 rings (SSSR count). The Morgan fingerprint density at radius 1 is 1.29 bits per heavy atom. The van der Waals surface area contributed by atoms with E-state index >= 15 is 0 Å². The van der Waals surface area contributed by atoms with Crippen LogP contribution >= 0.6 is 11.3 Å². The lowest BCUT2D eigenvalue weighted by Gasteiger charge is -2.30. The highest BCUT2D eigenvalue weighted by Crippen LogP contribution is 2.23. The molecule has 3 heterocycles. The van der Waals surface area contributed by atoms with Gasteiger partial charge >= 0.3 is 0 Å². The van der Waals surface area contributed by atoms with Crippen LogP contribution in [0.1, 0.15) is 53.0 Å². The van der Waals surface area contributed by atoms with Crippen LogP contribution in [0.3, 0.4) is 0 Å². The summed E-state index contributed by atoms with van der Waals surface area (Å²) < 4.78 is 0. The third kappa shape index (κ3) is 3.93. The largest absolute Gasteiger partial charge is 0.361 e. The molecule has 1 aliphatic heterocycles. The Labute approximate surface area is 147 Å². The van der Waals surface area contributed by atoms with Gasteiger partial charge in [-0.05, 0) is 44.7 Å². The topological polar surface area (TPSA) is 58.1 Å². The number of rotatable bonds is 4. The third-order valence-corrected chi connectivity index (χ3v) is 5.55. The number of thiazole rings is 1. The Balaban J connectivity index is 1.61. The minimum absolute atomic E-state index is 0.0875. The molecule has 2 aromatic heterocycles. The molecule has 1 saturated heterocycles. The zero-order valence-corrected chi connectivity index (χ0v) is 15.3. The van der Waals surface area contributed by atoms with Crippen molar-refractivity contribution in [2.24, 2.45) is 5.92 Å². The number of carbonyl (C=O) groups is 1. The third-order valence-electron chi connectivity index (χ3n) is 4.46. The zero-order chi connectivity index (χ0) is 17.1. The minimum Gasteiger partial charge on any atom is -0.361 e. The molecule has 1 N–H and O–H groups in total. The van der Waals surface area contributed by atoms with E-state index in [2.05, 4.69) is 29.1 Å². The van der Waals surface area contributed by atoms with Crippen LogP contribution in [0.4, 0.5) is 5.82 Å². The number of piperidine rings is 1. The molecule has 0 aromatic carbocycles. The monoisotopic (exact) mass is 344 g/mol. The zero-order valence-electron chi connectivity index (χ0n) is 14.5. The first-order chi connectivity index (χ1) is 11.5. The molecule has 1 fully saturated rings. The van der Waals surface area contributed by atoms with E-state index in [1.54, 1.807) is 17.5 Å². The molecule has 2 aromatic rings. The summed E-state index contributed by atoms with van der Waals surface area (Å²) in [5.41, 5.74) is 0.660. The molecule has 0 bridgehead atoms. The first-order valence-electron chi connectivity index (χ1n) is 8.47. The van der Waals surface area contributed by atoms with Gasteiger partial charge in [0.15, 0.2) is 0 Å². The average molecular weight is 344 g/mol. The first-order valence-corrected chi connectivity index (χ1v) is 9.29. The van der Waals surface area contributed by atoms with E-state index in [0.29, 0.717) is 5.56 Å². The summed E-state index contributed by atoms with van der Waals surface area (Å²) in [6.07, 6.45) is 5.72. The van der Waals surface area contributed by atoms with E-state index in [-0.39, 0.29) is 11.9 Å². The maximum Gasteiger partial charge on any atom is 0.255 e. The summed E-state index contributed by atoms with van der Waals surface area (Å²) in [4.78, 5) is 24.4. The number of anilines is 1. The summed E-state index contributed by atoms with van der Waals surface area (Å²) >= 11 is 1.68. The first kappa shape index (κ1) is 16.9. The molecule has 1 atom stereocenters. The van der Waals surface area contributed by atoms with Gasteiger partial charge in [0, 0.05) is 30.4 Å². The van der Waals surface area contributed by atoms with Crippen molar-refractivity contribution in [3.8, 4) is 0 Å². The van der Waals surface area contributed by atoms with E-state index < -0.39 is 0 Å². The number of nitrogens with zero attached hydrogens (tertiary/aromatic N) is 3. The van der Waals surface area contributed by atoms with Crippen molar-refractivity contribution < 1.29 is 4.79 Å². The van der Waals surface area contributed by atoms with Gasteiger partial charge < -0.3 is 10.2 Å². The van der Waals surface area contributed by atoms with E-state index in [1.807, 2.05) is 30.2 Å². The molecule has 24 heavy (non-hydrogen) atoms. The summed E-state index contributed by atoms with van der Waals surface area (Å²) in [6, 6.07) is 3.83. The maximum atomic E-state index is 12.5. The van der Waals surface area contributed by atoms with Crippen molar-refractivity contribution in [3.05, 3.63) is 40.0 Å².